The molecule has 1 heterocycles. The molecule has 0 bridgehead atoms. The van der Waals surface area contributed by atoms with E-state index < -0.39 is 0 Å². The second-order valence-corrected chi connectivity index (χ2v) is 6.65. The predicted octanol–water partition coefficient (Wildman–Crippen LogP) is 4.09. The quantitative estimate of drug-likeness (QED) is 0.788. The van der Waals surface area contributed by atoms with Gasteiger partial charge < -0.3 is 10.6 Å². The fourth-order valence-electron chi connectivity index (χ4n) is 2.97. The SMILES string of the molecule is CC(C)(C)c1ccccc1N1Cc2ccc(N)cc2C1. The fourth-order valence-corrected chi connectivity index (χ4v) is 2.97. The molecule has 3 rings (SSSR count). The van der Waals surface area contributed by atoms with Crippen molar-refractivity contribution in [2.45, 2.75) is 39.3 Å². The smallest absolute Gasteiger partial charge is 0.0437 e. The van der Waals surface area contributed by atoms with Crippen LogP contribution < -0.4 is 10.6 Å². The first-order chi connectivity index (χ1) is 9.45. The van der Waals surface area contributed by atoms with Crippen molar-refractivity contribution in [2.24, 2.45) is 0 Å². The Hall–Kier alpha value is -1.96. The van der Waals surface area contributed by atoms with Gasteiger partial charge in [-0.2, -0.15) is 0 Å². The summed E-state index contributed by atoms with van der Waals surface area (Å²) in [6.07, 6.45) is 0. The molecule has 20 heavy (non-hydrogen) atoms. The van der Waals surface area contributed by atoms with Gasteiger partial charge in [0.1, 0.15) is 0 Å². The summed E-state index contributed by atoms with van der Waals surface area (Å²) < 4.78 is 0. The van der Waals surface area contributed by atoms with Gasteiger partial charge in [0.25, 0.3) is 0 Å². The third-order valence-corrected chi connectivity index (χ3v) is 4.01. The molecule has 0 aliphatic carbocycles. The third kappa shape index (κ3) is 2.26. The van der Waals surface area contributed by atoms with E-state index in [1.54, 1.807) is 0 Å². The molecule has 0 fully saturated rings. The number of nitrogens with two attached hydrogens (primary N) is 1. The van der Waals surface area contributed by atoms with E-state index in [2.05, 4.69) is 62.1 Å². The summed E-state index contributed by atoms with van der Waals surface area (Å²) in [5.74, 6) is 0. The molecule has 2 heteroatoms. The first kappa shape index (κ1) is 13.0. The van der Waals surface area contributed by atoms with E-state index in [0.717, 1.165) is 18.8 Å². The van der Waals surface area contributed by atoms with E-state index in [-0.39, 0.29) is 5.41 Å². The third-order valence-electron chi connectivity index (χ3n) is 4.01. The predicted molar refractivity (Wildman–Crippen MR) is 85.9 cm³/mol. The first-order valence-electron chi connectivity index (χ1n) is 7.17. The summed E-state index contributed by atoms with van der Waals surface area (Å²) in [6.45, 7) is 8.74. The molecular weight excluding hydrogens is 244 g/mol. The Morgan fingerprint density at radius 3 is 2.40 bits per heavy atom. The van der Waals surface area contributed by atoms with Gasteiger partial charge in [-0.25, -0.2) is 0 Å². The Labute approximate surface area is 121 Å². The molecule has 0 atom stereocenters. The Morgan fingerprint density at radius 1 is 0.950 bits per heavy atom. The van der Waals surface area contributed by atoms with Gasteiger partial charge in [0.05, 0.1) is 0 Å². The number of para-hydroxylation sites is 1. The first-order valence-corrected chi connectivity index (χ1v) is 7.17. The molecular formula is C18H22N2. The minimum absolute atomic E-state index is 0.157. The van der Waals surface area contributed by atoms with Crippen LogP contribution in [-0.2, 0) is 18.5 Å². The highest BCUT2D eigenvalue weighted by molar-refractivity contribution is 5.60. The second-order valence-electron chi connectivity index (χ2n) is 6.65. The normalized spacial score (nSPS) is 14.4. The van der Waals surface area contributed by atoms with Crippen LogP contribution in [-0.4, -0.2) is 0 Å². The summed E-state index contributed by atoms with van der Waals surface area (Å²) in [5, 5.41) is 0. The zero-order valence-corrected chi connectivity index (χ0v) is 12.5. The van der Waals surface area contributed by atoms with Gasteiger partial charge in [-0.3, -0.25) is 0 Å². The Bertz CT molecular complexity index is 638. The molecule has 2 aromatic carbocycles. The summed E-state index contributed by atoms with van der Waals surface area (Å²) in [5.41, 5.74) is 12.4. The van der Waals surface area contributed by atoms with Crippen molar-refractivity contribution >= 4 is 11.4 Å². The van der Waals surface area contributed by atoms with Crippen molar-refractivity contribution in [3.05, 3.63) is 59.2 Å². The van der Waals surface area contributed by atoms with Crippen LogP contribution in [0.4, 0.5) is 11.4 Å². The maximum Gasteiger partial charge on any atom is 0.0437 e. The van der Waals surface area contributed by atoms with Gasteiger partial charge in [0.15, 0.2) is 0 Å². The standard InChI is InChI=1S/C18H22N2/c1-18(2,3)16-6-4-5-7-17(16)20-11-13-8-9-15(19)10-14(13)12-20/h4-10H,11-12,19H2,1-3H3. The molecule has 0 amide bonds. The van der Waals surface area contributed by atoms with Gasteiger partial charge in [-0.1, -0.05) is 45.0 Å². The molecule has 2 N–H and O–H groups in total. The molecule has 0 saturated heterocycles. The lowest BCUT2D eigenvalue weighted by atomic mass is 9.85. The van der Waals surface area contributed by atoms with Crippen molar-refractivity contribution in [3.63, 3.8) is 0 Å². The molecule has 2 nitrogen and oxygen atoms in total. The minimum Gasteiger partial charge on any atom is -0.399 e. The lowest BCUT2D eigenvalue weighted by Gasteiger charge is -2.28. The van der Waals surface area contributed by atoms with E-state index in [0.29, 0.717) is 0 Å². The topological polar surface area (TPSA) is 29.3 Å². The van der Waals surface area contributed by atoms with Crippen LogP contribution in [0.3, 0.4) is 0 Å². The lowest BCUT2D eigenvalue weighted by molar-refractivity contribution is 0.587. The Kier molecular flexibility index (Phi) is 2.97. The summed E-state index contributed by atoms with van der Waals surface area (Å²) in [7, 11) is 0. The minimum atomic E-state index is 0.157. The molecule has 0 aromatic heterocycles. The number of nitrogens with zero attached hydrogens (tertiary/aromatic N) is 1. The van der Waals surface area contributed by atoms with Gasteiger partial charge >= 0.3 is 0 Å². The number of hydrogen-bond acceptors (Lipinski definition) is 2. The van der Waals surface area contributed by atoms with Crippen LogP contribution in [0, 0.1) is 0 Å². The van der Waals surface area contributed by atoms with Crippen LogP contribution in [0.1, 0.15) is 37.5 Å². The van der Waals surface area contributed by atoms with Crippen molar-refractivity contribution < 1.29 is 0 Å². The number of benzene rings is 2. The second kappa shape index (κ2) is 4.55. The molecule has 0 saturated carbocycles. The molecule has 2 aromatic rings. The summed E-state index contributed by atoms with van der Waals surface area (Å²) in [4.78, 5) is 2.45. The summed E-state index contributed by atoms with van der Waals surface area (Å²) >= 11 is 0. The van der Waals surface area contributed by atoms with E-state index in [9.17, 15) is 0 Å². The van der Waals surface area contributed by atoms with Crippen LogP contribution in [0.25, 0.3) is 0 Å². The van der Waals surface area contributed by atoms with Crippen LogP contribution in [0.2, 0.25) is 0 Å². The lowest BCUT2D eigenvalue weighted by Crippen LogP contribution is -2.21. The van der Waals surface area contributed by atoms with Crippen LogP contribution in [0.5, 0.6) is 0 Å². The number of fused-ring (bicyclic) bond motifs is 1. The highest BCUT2D eigenvalue weighted by Crippen LogP contribution is 2.36. The average Bonchev–Trinajstić information content (AvgIpc) is 2.80. The van der Waals surface area contributed by atoms with Gasteiger partial charge in [0, 0.05) is 24.5 Å². The number of hydrogen-bond donors (Lipinski definition) is 1. The fraction of sp³-hybridized carbons (Fsp3) is 0.333. The molecule has 104 valence electrons. The molecule has 1 aliphatic rings. The highest BCUT2D eigenvalue weighted by Gasteiger charge is 2.25. The maximum absolute atomic E-state index is 5.90. The average molecular weight is 266 g/mol. The zero-order chi connectivity index (χ0) is 14.3. The van der Waals surface area contributed by atoms with E-state index in [4.69, 9.17) is 5.73 Å². The van der Waals surface area contributed by atoms with Gasteiger partial charge in [-0.05, 0) is 40.3 Å². The van der Waals surface area contributed by atoms with Crippen molar-refractivity contribution in [2.75, 3.05) is 10.6 Å². The maximum atomic E-state index is 5.90. The molecule has 0 radical (unpaired) electrons. The molecule has 0 spiro atoms. The van der Waals surface area contributed by atoms with Gasteiger partial charge in [-0.15, -0.1) is 0 Å². The molecule has 0 unspecified atom stereocenters. The van der Waals surface area contributed by atoms with Crippen molar-refractivity contribution in [1.82, 2.24) is 0 Å². The monoisotopic (exact) mass is 266 g/mol. The van der Waals surface area contributed by atoms with E-state index in [1.165, 1.54) is 22.4 Å². The Morgan fingerprint density at radius 2 is 1.65 bits per heavy atom. The largest absolute Gasteiger partial charge is 0.399 e. The number of anilines is 2. The summed E-state index contributed by atoms with van der Waals surface area (Å²) in [6, 6.07) is 15.0. The van der Waals surface area contributed by atoms with E-state index >= 15 is 0 Å². The van der Waals surface area contributed by atoms with Crippen molar-refractivity contribution in [1.29, 1.82) is 0 Å². The molecule has 1 aliphatic heterocycles. The van der Waals surface area contributed by atoms with Crippen LogP contribution in [0.15, 0.2) is 42.5 Å². The van der Waals surface area contributed by atoms with E-state index in [1.807, 2.05) is 6.07 Å². The van der Waals surface area contributed by atoms with Gasteiger partial charge in [0.2, 0.25) is 0 Å². The Balaban J connectivity index is 1.98. The van der Waals surface area contributed by atoms with Crippen molar-refractivity contribution in [3.8, 4) is 0 Å². The number of nitrogen functional groups attached to an aromatic ring is 1. The highest BCUT2D eigenvalue weighted by atomic mass is 15.1. The number of rotatable bonds is 1. The zero-order valence-electron chi connectivity index (χ0n) is 12.5. The van der Waals surface area contributed by atoms with Crippen LogP contribution >= 0.6 is 0 Å².